The Kier molecular flexibility index (Phi) is 6.01. The molecule has 0 spiro atoms. The number of hydrogen-bond donors (Lipinski definition) is 0. The van der Waals surface area contributed by atoms with E-state index in [1.807, 2.05) is 12.3 Å². The molecular weight excluding hydrogens is 292 g/mol. The van der Waals surface area contributed by atoms with Crippen molar-refractivity contribution in [3.8, 4) is 11.4 Å². The number of aromatic nitrogens is 2. The van der Waals surface area contributed by atoms with Crippen molar-refractivity contribution in [2.45, 2.75) is 78.1 Å². The van der Waals surface area contributed by atoms with E-state index < -0.39 is 0 Å². The van der Waals surface area contributed by atoms with Gasteiger partial charge in [0.2, 0.25) is 0 Å². The minimum Gasteiger partial charge on any atom is -0.255 e. The molecule has 1 aliphatic carbocycles. The first-order chi connectivity index (χ1) is 11.8. The lowest BCUT2D eigenvalue weighted by Gasteiger charge is -2.25. The number of fused-ring (bicyclic) bond motifs is 1. The Morgan fingerprint density at radius 3 is 2.38 bits per heavy atom. The predicted molar refractivity (Wildman–Crippen MR) is 101 cm³/mol. The van der Waals surface area contributed by atoms with Crippen LogP contribution in [0.2, 0.25) is 0 Å². The van der Waals surface area contributed by atoms with E-state index in [1.165, 1.54) is 62.6 Å². The highest BCUT2D eigenvalue weighted by Crippen LogP contribution is 2.34. The highest BCUT2D eigenvalue weighted by Gasteiger charge is 2.22. The van der Waals surface area contributed by atoms with E-state index in [2.05, 4.69) is 31.0 Å². The molecule has 0 fully saturated rings. The lowest BCUT2D eigenvalue weighted by Crippen LogP contribution is -2.14. The number of aryl methyl sites for hydroxylation is 1. The normalized spacial score (nSPS) is 13.8. The molecule has 0 atom stereocenters. The third-order valence-corrected chi connectivity index (χ3v) is 5.17. The minimum atomic E-state index is 1.05. The first-order valence-corrected chi connectivity index (χ1v) is 9.80. The number of unbranched alkanes of at least 4 members (excludes halogenated alkanes) is 2. The van der Waals surface area contributed by atoms with E-state index in [1.54, 1.807) is 11.1 Å². The fraction of sp³-hybridized carbons (Fsp3) is 0.545. The van der Waals surface area contributed by atoms with Gasteiger partial charge in [-0.25, -0.2) is 0 Å². The molecule has 24 heavy (non-hydrogen) atoms. The second kappa shape index (κ2) is 8.41. The fourth-order valence-corrected chi connectivity index (χ4v) is 3.86. The number of hydrogen-bond acceptors (Lipinski definition) is 2. The second-order valence-corrected chi connectivity index (χ2v) is 6.97. The molecule has 0 unspecified atom stereocenters. The van der Waals surface area contributed by atoms with Crippen molar-refractivity contribution in [2.24, 2.45) is 0 Å². The average Bonchev–Trinajstić information content (AvgIpc) is 2.65. The van der Waals surface area contributed by atoms with Gasteiger partial charge in [-0.15, -0.1) is 0 Å². The molecule has 0 bridgehead atoms. The molecule has 2 heterocycles. The van der Waals surface area contributed by atoms with Crippen LogP contribution in [0.1, 0.15) is 74.8 Å². The molecule has 0 saturated heterocycles. The molecule has 2 heteroatoms. The maximum Gasteiger partial charge on any atom is 0.0924 e. The van der Waals surface area contributed by atoms with E-state index >= 15 is 0 Å². The first-order valence-electron chi connectivity index (χ1n) is 9.80. The van der Waals surface area contributed by atoms with Crippen molar-refractivity contribution in [1.29, 1.82) is 0 Å². The second-order valence-electron chi connectivity index (χ2n) is 6.97. The summed E-state index contributed by atoms with van der Waals surface area (Å²) < 4.78 is 0. The van der Waals surface area contributed by atoms with Crippen molar-refractivity contribution in [2.75, 3.05) is 0 Å². The summed E-state index contributed by atoms with van der Waals surface area (Å²) >= 11 is 0. The van der Waals surface area contributed by atoms with Crippen LogP contribution in [0.3, 0.4) is 0 Å². The summed E-state index contributed by atoms with van der Waals surface area (Å²) in [6, 6.07) is 6.20. The van der Waals surface area contributed by atoms with E-state index in [4.69, 9.17) is 4.98 Å². The first kappa shape index (κ1) is 17.1. The highest BCUT2D eigenvalue weighted by molar-refractivity contribution is 5.63. The quantitative estimate of drug-likeness (QED) is 0.652. The average molecular weight is 322 g/mol. The zero-order chi connectivity index (χ0) is 16.8. The summed E-state index contributed by atoms with van der Waals surface area (Å²) in [4.78, 5) is 9.81. The van der Waals surface area contributed by atoms with Crippen LogP contribution in [-0.2, 0) is 25.7 Å². The van der Waals surface area contributed by atoms with Crippen LogP contribution in [0, 0.1) is 0 Å². The molecule has 2 nitrogen and oxygen atoms in total. The van der Waals surface area contributed by atoms with Crippen LogP contribution in [-0.4, -0.2) is 9.97 Å². The topological polar surface area (TPSA) is 25.8 Å². The van der Waals surface area contributed by atoms with Crippen LogP contribution >= 0.6 is 0 Å². The van der Waals surface area contributed by atoms with Gasteiger partial charge in [0.15, 0.2) is 0 Å². The van der Waals surface area contributed by atoms with Gasteiger partial charge in [0.25, 0.3) is 0 Å². The summed E-state index contributed by atoms with van der Waals surface area (Å²) in [5, 5.41) is 0. The molecular formula is C22H30N2. The largest absolute Gasteiger partial charge is 0.255 e. The molecule has 0 aliphatic heterocycles. The Bertz CT molecular complexity index is 661. The summed E-state index contributed by atoms with van der Waals surface area (Å²) in [5.41, 5.74) is 8.26. The van der Waals surface area contributed by atoms with Crippen molar-refractivity contribution >= 4 is 0 Å². The summed E-state index contributed by atoms with van der Waals surface area (Å²) in [5.74, 6) is 0. The monoisotopic (exact) mass is 322 g/mol. The van der Waals surface area contributed by atoms with Gasteiger partial charge in [-0.1, -0.05) is 32.8 Å². The Labute approximate surface area is 146 Å². The van der Waals surface area contributed by atoms with E-state index in [0.29, 0.717) is 0 Å². The molecule has 2 aromatic heterocycles. The van der Waals surface area contributed by atoms with Gasteiger partial charge in [0.1, 0.15) is 0 Å². The van der Waals surface area contributed by atoms with Gasteiger partial charge in [0.05, 0.1) is 11.4 Å². The number of nitrogens with zero attached hydrogens (tertiary/aromatic N) is 2. The highest BCUT2D eigenvalue weighted by atomic mass is 14.8. The summed E-state index contributed by atoms with van der Waals surface area (Å²) in [7, 11) is 0. The number of rotatable bonds is 7. The maximum absolute atomic E-state index is 5.18. The minimum absolute atomic E-state index is 1.05. The van der Waals surface area contributed by atoms with Crippen molar-refractivity contribution in [3.63, 3.8) is 0 Å². The smallest absolute Gasteiger partial charge is 0.0924 e. The molecule has 0 aromatic carbocycles. The zero-order valence-electron chi connectivity index (χ0n) is 15.3. The molecule has 1 aliphatic rings. The Morgan fingerprint density at radius 2 is 1.67 bits per heavy atom. The maximum atomic E-state index is 5.18. The fourth-order valence-electron chi connectivity index (χ4n) is 3.86. The molecule has 0 amide bonds. The van der Waals surface area contributed by atoms with Crippen LogP contribution in [0.5, 0.6) is 0 Å². The van der Waals surface area contributed by atoms with Gasteiger partial charge >= 0.3 is 0 Å². The van der Waals surface area contributed by atoms with E-state index in [0.717, 1.165) is 24.2 Å². The van der Waals surface area contributed by atoms with Crippen molar-refractivity contribution in [1.82, 2.24) is 9.97 Å². The molecule has 3 rings (SSSR count). The van der Waals surface area contributed by atoms with E-state index in [-0.39, 0.29) is 0 Å². The third-order valence-electron chi connectivity index (χ3n) is 5.17. The Hall–Kier alpha value is -1.70. The van der Waals surface area contributed by atoms with Gasteiger partial charge in [-0.05, 0) is 80.2 Å². The van der Waals surface area contributed by atoms with Crippen molar-refractivity contribution < 1.29 is 0 Å². The molecule has 2 aromatic rings. The predicted octanol–water partition coefficient (Wildman–Crippen LogP) is 5.71. The molecule has 0 saturated carbocycles. The van der Waals surface area contributed by atoms with Crippen molar-refractivity contribution in [3.05, 3.63) is 46.8 Å². The zero-order valence-corrected chi connectivity index (χ0v) is 15.3. The van der Waals surface area contributed by atoms with Gasteiger partial charge in [-0.2, -0.15) is 0 Å². The van der Waals surface area contributed by atoms with Crippen LogP contribution in [0.25, 0.3) is 11.4 Å². The van der Waals surface area contributed by atoms with Crippen LogP contribution in [0.4, 0.5) is 0 Å². The lowest BCUT2D eigenvalue weighted by molar-refractivity contribution is 0.651. The van der Waals surface area contributed by atoms with E-state index in [9.17, 15) is 0 Å². The SMILES string of the molecule is CCCCc1nc(-c2ccccn2)c(CCCC)c2c1CCCC2. The van der Waals surface area contributed by atoms with Gasteiger partial charge in [-0.3, -0.25) is 9.97 Å². The number of pyridine rings is 2. The summed E-state index contributed by atoms with van der Waals surface area (Å²) in [6.07, 6.45) is 14.2. The van der Waals surface area contributed by atoms with Crippen LogP contribution < -0.4 is 0 Å². The van der Waals surface area contributed by atoms with Gasteiger partial charge < -0.3 is 0 Å². The third kappa shape index (κ3) is 3.68. The Balaban J connectivity index is 2.13. The standard InChI is InChI=1S/C22H30N2/c1-3-5-11-19-17-12-7-8-13-18(17)20(14-6-4-2)24-22(19)21-15-9-10-16-23-21/h9-10,15-16H,3-8,11-14H2,1-2H3. The molecule has 0 N–H and O–H groups in total. The van der Waals surface area contributed by atoms with Gasteiger partial charge in [0, 0.05) is 11.9 Å². The Morgan fingerprint density at radius 1 is 0.917 bits per heavy atom. The molecule has 128 valence electrons. The summed E-state index contributed by atoms with van der Waals surface area (Å²) in [6.45, 7) is 4.54. The lowest BCUT2D eigenvalue weighted by atomic mass is 9.83. The van der Waals surface area contributed by atoms with Crippen LogP contribution in [0.15, 0.2) is 24.4 Å². The molecule has 0 radical (unpaired) electrons.